The minimum absolute atomic E-state index is 0. The molecule has 5 N–H and O–H groups in total. The van der Waals surface area contributed by atoms with Crippen LogP contribution in [0.5, 0.6) is 0 Å². The fraction of sp³-hybridized carbons (Fsp3) is 1.00. The maximum atomic E-state index is 9.48. The molecule has 0 saturated heterocycles. The van der Waals surface area contributed by atoms with Crippen molar-refractivity contribution in [2.24, 2.45) is 11.7 Å². The van der Waals surface area contributed by atoms with E-state index in [-0.39, 0.29) is 17.2 Å². The van der Waals surface area contributed by atoms with E-state index in [1.54, 1.807) is 7.11 Å². The van der Waals surface area contributed by atoms with Crippen LogP contribution in [0.3, 0.4) is 0 Å². The Kier molecular flexibility index (Phi) is 12.0. The molecule has 0 aromatic heterocycles. The summed E-state index contributed by atoms with van der Waals surface area (Å²) in [6, 6.07) is 0. The molecule has 18 heavy (non-hydrogen) atoms. The first kappa shape index (κ1) is 20.2. The highest BCUT2D eigenvalue weighted by atomic mass is 16.5. The number of aliphatic hydroxyl groups excluding tert-OH is 1. The zero-order valence-electron chi connectivity index (χ0n) is 12.5. The van der Waals surface area contributed by atoms with E-state index in [0.29, 0.717) is 12.5 Å². The van der Waals surface area contributed by atoms with Crippen molar-refractivity contribution in [3.8, 4) is 0 Å². The maximum absolute atomic E-state index is 9.48. The summed E-state index contributed by atoms with van der Waals surface area (Å²) in [5.41, 5.74) is 5.45. The summed E-state index contributed by atoms with van der Waals surface area (Å²) in [6.45, 7) is 6.50. The van der Waals surface area contributed by atoms with Crippen LogP contribution in [0.15, 0.2) is 0 Å². The van der Waals surface area contributed by atoms with E-state index in [1.807, 2.05) is 20.8 Å². The van der Waals surface area contributed by atoms with Gasteiger partial charge in [0.15, 0.2) is 0 Å². The van der Waals surface area contributed by atoms with E-state index in [1.165, 1.54) is 38.5 Å². The zero-order chi connectivity index (χ0) is 13.3. The SMILES string of the molecule is COC(C)(C)C.NCC(O)C1CCCCCC1.O. The van der Waals surface area contributed by atoms with Gasteiger partial charge in [-0.2, -0.15) is 0 Å². The molecule has 4 nitrogen and oxygen atoms in total. The summed E-state index contributed by atoms with van der Waals surface area (Å²) in [4.78, 5) is 0. The predicted octanol–water partition coefficient (Wildman–Crippen LogP) is 1.88. The zero-order valence-corrected chi connectivity index (χ0v) is 12.5. The fourth-order valence-corrected chi connectivity index (χ4v) is 1.89. The molecule has 1 aliphatic rings. The minimum atomic E-state index is -0.243. The number of nitrogens with two attached hydrogens (primary N) is 1. The van der Waals surface area contributed by atoms with Crippen LogP contribution in [0, 0.1) is 5.92 Å². The summed E-state index contributed by atoms with van der Waals surface area (Å²) < 4.78 is 4.94. The van der Waals surface area contributed by atoms with Crippen LogP contribution in [0.25, 0.3) is 0 Å². The Morgan fingerprint density at radius 3 is 1.83 bits per heavy atom. The average Bonchev–Trinajstić information content (AvgIpc) is 2.56. The first-order valence-electron chi connectivity index (χ1n) is 6.84. The van der Waals surface area contributed by atoms with Crippen molar-refractivity contribution >= 4 is 0 Å². The Morgan fingerprint density at radius 2 is 1.56 bits per heavy atom. The largest absolute Gasteiger partial charge is 0.412 e. The van der Waals surface area contributed by atoms with Gasteiger partial charge in [0.2, 0.25) is 0 Å². The molecule has 1 fully saturated rings. The number of methoxy groups -OCH3 is 1. The third-order valence-corrected chi connectivity index (χ3v) is 3.30. The summed E-state index contributed by atoms with van der Waals surface area (Å²) in [7, 11) is 1.71. The number of hydrogen-bond acceptors (Lipinski definition) is 3. The quantitative estimate of drug-likeness (QED) is 0.746. The monoisotopic (exact) mass is 263 g/mol. The number of aliphatic hydroxyl groups is 1. The average molecular weight is 263 g/mol. The molecular weight excluding hydrogens is 230 g/mol. The van der Waals surface area contributed by atoms with Crippen molar-refractivity contribution in [3.63, 3.8) is 0 Å². The molecule has 0 aromatic rings. The van der Waals surface area contributed by atoms with Crippen molar-refractivity contribution < 1.29 is 15.3 Å². The second-order valence-electron chi connectivity index (χ2n) is 5.87. The van der Waals surface area contributed by atoms with Crippen LogP contribution in [-0.2, 0) is 4.74 Å². The summed E-state index contributed by atoms with van der Waals surface area (Å²) in [5.74, 6) is 0.488. The Morgan fingerprint density at radius 1 is 1.17 bits per heavy atom. The van der Waals surface area contributed by atoms with Gasteiger partial charge in [-0.25, -0.2) is 0 Å². The van der Waals surface area contributed by atoms with Gasteiger partial charge in [-0.3, -0.25) is 0 Å². The van der Waals surface area contributed by atoms with Gasteiger partial charge in [0.1, 0.15) is 0 Å². The molecule has 1 unspecified atom stereocenters. The number of hydrogen-bond donors (Lipinski definition) is 2. The van der Waals surface area contributed by atoms with Crippen molar-refractivity contribution in [2.45, 2.75) is 71.0 Å². The normalized spacial score (nSPS) is 19.0. The molecule has 0 radical (unpaired) electrons. The van der Waals surface area contributed by atoms with E-state index < -0.39 is 0 Å². The summed E-state index contributed by atoms with van der Waals surface area (Å²) in [6.07, 6.45) is 7.36. The molecule has 1 rings (SSSR count). The van der Waals surface area contributed by atoms with Gasteiger partial charge in [-0.05, 0) is 39.5 Å². The highest BCUT2D eigenvalue weighted by Gasteiger charge is 2.18. The molecule has 0 aromatic carbocycles. The number of ether oxygens (including phenoxy) is 1. The van der Waals surface area contributed by atoms with Crippen LogP contribution in [-0.4, -0.2) is 35.9 Å². The van der Waals surface area contributed by atoms with Gasteiger partial charge in [-0.15, -0.1) is 0 Å². The van der Waals surface area contributed by atoms with Crippen molar-refractivity contribution in [1.82, 2.24) is 0 Å². The Labute approximate surface area is 112 Å². The van der Waals surface area contributed by atoms with Gasteiger partial charge in [0.25, 0.3) is 0 Å². The molecule has 0 spiro atoms. The molecule has 0 heterocycles. The molecular formula is C14H33NO3. The molecule has 112 valence electrons. The summed E-state index contributed by atoms with van der Waals surface area (Å²) in [5, 5.41) is 9.48. The highest BCUT2D eigenvalue weighted by molar-refractivity contribution is 4.72. The molecule has 1 aliphatic carbocycles. The van der Waals surface area contributed by atoms with Crippen LogP contribution >= 0.6 is 0 Å². The molecule has 0 amide bonds. The first-order valence-corrected chi connectivity index (χ1v) is 6.84. The molecule has 0 bridgehead atoms. The third kappa shape index (κ3) is 11.0. The van der Waals surface area contributed by atoms with Gasteiger partial charge >= 0.3 is 0 Å². The third-order valence-electron chi connectivity index (χ3n) is 3.30. The second-order valence-corrected chi connectivity index (χ2v) is 5.87. The second kappa shape index (κ2) is 10.7. The molecule has 4 heteroatoms. The smallest absolute Gasteiger partial charge is 0.0690 e. The lowest BCUT2D eigenvalue weighted by Gasteiger charge is -2.18. The highest BCUT2D eigenvalue weighted by Crippen LogP contribution is 2.24. The van der Waals surface area contributed by atoms with Gasteiger partial charge in [0.05, 0.1) is 11.7 Å². The Balaban J connectivity index is 0. The lowest BCUT2D eigenvalue weighted by atomic mass is 9.94. The Hall–Kier alpha value is -0.160. The first-order chi connectivity index (χ1) is 7.90. The predicted molar refractivity (Wildman–Crippen MR) is 76.6 cm³/mol. The van der Waals surface area contributed by atoms with E-state index in [2.05, 4.69) is 0 Å². The maximum Gasteiger partial charge on any atom is 0.0690 e. The standard InChI is InChI=1S/C9H19NO.C5H12O.H2O/c10-7-9(11)8-5-3-1-2-4-6-8;1-5(2,3)6-4;/h8-9,11H,1-7,10H2;1-4H3;1H2. The van der Waals surface area contributed by atoms with Crippen LogP contribution in [0.1, 0.15) is 59.3 Å². The van der Waals surface area contributed by atoms with E-state index in [0.717, 1.165) is 0 Å². The lowest BCUT2D eigenvalue weighted by Crippen LogP contribution is -2.28. The van der Waals surface area contributed by atoms with Gasteiger partial charge in [0, 0.05) is 13.7 Å². The van der Waals surface area contributed by atoms with Crippen LogP contribution in [0.4, 0.5) is 0 Å². The molecule has 1 atom stereocenters. The fourth-order valence-electron chi connectivity index (χ4n) is 1.89. The van der Waals surface area contributed by atoms with Crippen LogP contribution < -0.4 is 5.73 Å². The topological polar surface area (TPSA) is 87.0 Å². The van der Waals surface area contributed by atoms with E-state index >= 15 is 0 Å². The van der Waals surface area contributed by atoms with Crippen molar-refractivity contribution in [2.75, 3.05) is 13.7 Å². The molecule has 0 aliphatic heterocycles. The van der Waals surface area contributed by atoms with Crippen molar-refractivity contribution in [1.29, 1.82) is 0 Å². The Bertz CT molecular complexity index is 172. The van der Waals surface area contributed by atoms with E-state index in [4.69, 9.17) is 10.5 Å². The van der Waals surface area contributed by atoms with Crippen molar-refractivity contribution in [3.05, 3.63) is 0 Å². The van der Waals surface area contributed by atoms with Gasteiger partial charge in [-0.1, -0.05) is 25.7 Å². The number of rotatable bonds is 2. The summed E-state index contributed by atoms with van der Waals surface area (Å²) >= 11 is 0. The van der Waals surface area contributed by atoms with E-state index in [9.17, 15) is 5.11 Å². The lowest BCUT2D eigenvalue weighted by molar-refractivity contribution is 0.0397. The van der Waals surface area contributed by atoms with Gasteiger partial charge < -0.3 is 21.1 Å². The minimum Gasteiger partial charge on any atom is -0.412 e. The molecule has 1 saturated carbocycles. The van der Waals surface area contributed by atoms with Crippen LogP contribution in [0.2, 0.25) is 0 Å².